The molecule has 1 N–H and O–H groups in total. The summed E-state index contributed by atoms with van der Waals surface area (Å²) in [5.41, 5.74) is 0.583. The Hall–Kier alpha value is -0.0800. The Morgan fingerprint density at radius 1 is 1.43 bits per heavy atom. The first-order chi connectivity index (χ1) is 6.72. The molecule has 14 heavy (non-hydrogen) atoms. The van der Waals surface area contributed by atoms with E-state index in [1.807, 2.05) is 0 Å². The van der Waals surface area contributed by atoms with Crippen LogP contribution in [0.5, 0.6) is 0 Å². The number of likely N-dealkylation sites (tertiary alicyclic amines) is 1. The van der Waals surface area contributed by atoms with Crippen LogP contribution in [-0.4, -0.2) is 37.1 Å². The van der Waals surface area contributed by atoms with Gasteiger partial charge in [-0.25, -0.2) is 0 Å². The second kappa shape index (κ2) is 3.82. The van der Waals surface area contributed by atoms with Gasteiger partial charge >= 0.3 is 0 Å². The van der Waals surface area contributed by atoms with Gasteiger partial charge in [-0.2, -0.15) is 0 Å². The second-order valence-electron chi connectivity index (χ2n) is 5.23. The van der Waals surface area contributed by atoms with E-state index in [-0.39, 0.29) is 0 Å². The molecule has 1 saturated heterocycles. The molecule has 82 valence electrons. The zero-order valence-corrected chi connectivity index (χ0v) is 9.84. The van der Waals surface area contributed by atoms with Crippen molar-refractivity contribution in [2.45, 2.75) is 50.6 Å². The van der Waals surface area contributed by atoms with Gasteiger partial charge in [0.1, 0.15) is 0 Å². The molecule has 2 aliphatic rings. The van der Waals surface area contributed by atoms with E-state index >= 15 is 0 Å². The molecule has 1 spiro atoms. The van der Waals surface area contributed by atoms with Crippen LogP contribution in [0.2, 0.25) is 0 Å². The van der Waals surface area contributed by atoms with Gasteiger partial charge in [-0.15, -0.1) is 0 Å². The quantitative estimate of drug-likeness (QED) is 0.725. The van der Waals surface area contributed by atoms with E-state index in [0.29, 0.717) is 5.54 Å². The predicted molar refractivity (Wildman–Crippen MR) is 60.5 cm³/mol. The lowest BCUT2D eigenvalue weighted by atomic mass is 9.66. The van der Waals surface area contributed by atoms with Crippen LogP contribution < -0.4 is 5.32 Å². The Bertz CT molecular complexity index is 198. The standard InChI is InChI=1S/C12H24N2/c1-4-10-9-14(3)12(6-5-7-12)8-11(10)13-2/h10-11,13H,4-9H2,1-3H3. The van der Waals surface area contributed by atoms with Gasteiger partial charge in [-0.3, -0.25) is 0 Å². The van der Waals surface area contributed by atoms with Gasteiger partial charge in [0.05, 0.1) is 0 Å². The maximum Gasteiger partial charge on any atom is 0.0221 e. The van der Waals surface area contributed by atoms with E-state index in [4.69, 9.17) is 0 Å². The van der Waals surface area contributed by atoms with Crippen LogP contribution in [0.3, 0.4) is 0 Å². The molecule has 0 aromatic heterocycles. The largest absolute Gasteiger partial charge is 0.317 e. The first-order valence-corrected chi connectivity index (χ1v) is 6.10. The molecule has 0 amide bonds. The molecule has 1 aliphatic heterocycles. The van der Waals surface area contributed by atoms with Crippen molar-refractivity contribution in [2.75, 3.05) is 20.6 Å². The third-order valence-corrected chi connectivity index (χ3v) is 4.67. The molecule has 2 heteroatoms. The number of nitrogens with one attached hydrogen (secondary N) is 1. The Balaban J connectivity index is 2.05. The maximum absolute atomic E-state index is 3.52. The number of piperidine rings is 1. The molecular weight excluding hydrogens is 172 g/mol. The highest BCUT2D eigenvalue weighted by Gasteiger charge is 2.47. The molecule has 0 aromatic rings. The van der Waals surface area contributed by atoms with Crippen molar-refractivity contribution in [3.05, 3.63) is 0 Å². The molecule has 1 aliphatic carbocycles. The Labute approximate surface area is 88.1 Å². The van der Waals surface area contributed by atoms with E-state index in [9.17, 15) is 0 Å². The fraction of sp³-hybridized carbons (Fsp3) is 1.00. The zero-order chi connectivity index (χ0) is 10.2. The summed E-state index contributed by atoms with van der Waals surface area (Å²) in [5.74, 6) is 0.858. The monoisotopic (exact) mass is 196 g/mol. The van der Waals surface area contributed by atoms with Crippen LogP contribution >= 0.6 is 0 Å². The second-order valence-corrected chi connectivity index (χ2v) is 5.23. The molecule has 2 atom stereocenters. The fourth-order valence-corrected chi connectivity index (χ4v) is 3.33. The summed E-state index contributed by atoms with van der Waals surface area (Å²) in [5, 5.41) is 3.52. The molecule has 2 nitrogen and oxygen atoms in total. The van der Waals surface area contributed by atoms with E-state index < -0.39 is 0 Å². The first kappa shape index (κ1) is 10.4. The Morgan fingerprint density at radius 3 is 2.57 bits per heavy atom. The fourth-order valence-electron chi connectivity index (χ4n) is 3.33. The Morgan fingerprint density at radius 2 is 2.14 bits per heavy atom. The predicted octanol–water partition coefficient (Wildman–Crippen LogP) is 1.86. The van der Waals surface area contributed by atoms with Gasteiger partial charge in [0.15, 0.2) is 0 Å². The van der Waals surface area contributed by atoms with Crippen LogP contribution in [0, 0.1) is 5.92 Å². The highest BCUT2D eigenvalue weighted by Crippen LogP contribution is 2.45. The van der Waals surface area contributed by atoms with Crippen molar-refractivity contribution >= 4 is 0 Å². The van der Waals surface area contributed by atoms with Crippen molar-refractivity contribution in [3.63, 3.8) is 0 Å². The van der Waals surface area contributed by atoms with Crippen LogP contribution in [0.15, 0.2) is 0 Å². The number of hydrogen-bond donors (Lipinski definition) is 1. The van der Waals surface area contributed by atoms with E-state index in [1.54, 1.807) is 0 Å². The SMILES string of the molecule is CCC1CN(C)C2(CCC2)CC1NC. The first-order valence-electron chi connectivity index (χ1n) is 6.10. The topological polar surface area (TPSA) is 15.3 Å². The van der Waals surface area contributed by atoms with Gasteiger partial charge in [-0.1, -0.05) is 13.3 Å². The van der Waals surface area contributed by atoms with Crippen molar-refractivity contribution in [1.29, 1.82) is 0 Å². The highest BCUT2D eigenvalue weighted by atomic mass is 15.2. The van der Waals surface area contributed by atoms with Gasteiger partial charge in [0, 0.05) is 18.1 Å². The van der Waals surface area contributed by atoms with Crippen LogP contribution in [0.25, 0.3) is 0 Å². The molecule has 0 radical (unpaired) electrons. The summed E-state index contributed by atoms with van der Waals surface area (Å²) in [6.07, 6.45) is 6.98. The molecule has 1 saturated carbocycles. The summed E-state index contributed by atoms with van der Waals surface area (Å²) in [4.78, 5) is 2.64. The maximum atomic E-state index is 3.52. The minimum absolute atomic E-state index is 0.583. The molecule has 2 fully saturated rings. The van der Waals surface area contributed by atoms with E-state index in [0.717, 1.165) is 12.0 Å². The summed E-state index contributed by atoms with van der Waals surface area (Å²) >= 11 is 0. The molecule has 0 aromatic carbocycles. The van der Waals surface area contributed by atoms with Gasteiger partial charge in [0.25, 0.3) is 0 Å². The van der Waals surface area contributed by atoms with E-state index in [1.165, 1.54) is 38.6 Å². The van der Waals surface area contributed by atoms with Gasteiger partial charge in [0.2, 0.25) is 0 Å². The Kier molecular flexibility index (Phi) is 2.85. The third kappa shape index (κ3) is 1.49. The minimum atomic E-state index is 0.583. The molecule has 2 unspecified atom stereocenters. The van der Waals surface area contributed by atoms with Crippen molar-refractivity contribution < 1.29 is 0 Å². The lowest BCUT2D eigenvalue weighted by Gasteiger charge is -2.56. The summed E-state index contributed by atoms with van der Waals surface area (Å²) in [7, 11) is 4.46. The van der Waals surface area contributed by atoms with E-state index in [2.05, 4.69) is 31.2 Å². The van der Waals surface area contributed by atoms with Gasteiger partial charge in [-0.05, 0) is 45.7 Å². The zero-order valence-electron chi connectivity index (χ0n) is 9.84. The summed E-state index contributed by atoms with van der Waals surface area (Å²) in [6, 6.07) is 0.761. The van der Waals surface area contributed by atoms with Crippen molar-refractivity contribution in [1.82, 2.24) is 10.2 Å². The van der Waals surface area contributed by atoms with Gasteiger partial charge < -0.3 is 10.2 Å². The normalized spacial score (nSPS) is 37.1. The van der Waals surface area contributed by atoms with Crippen LogP contribution in [0.4, 0.5) is 0 Å². The average molecular weight is 196 g/mol. The molecule has 0 bridgehead atoms. The number of hydrogen-bond acceptors (Lipinski definition) is 2. The molecule has 1 heterocycles. The highest BCUT2D eigenvalue weighted by molar-refractivity contribution is 5.04. The lowest BCUT2D eigenvalue weighted by molar-refractivity contribution is -0.0335. The number of nitrogens with zero attached hydrogens (tertiary/aromatic N) is 1. The van der Waals surface area contributed by atoms with Crippen molar-refractivity contribution in [3.8, 4) is 0 Å². The van der Waals surface area contributed by atoms with Crippen LogP contribution in [-0.2, 0) is 0 Å². The molecule has 2 rings (SSSR count). The lowest BCUT2D eigenvalue weighted by Crippen LogP contribution is -2.62. The minimum Gasteiger partial charge on any atom is -0.317 e. The summed E-state index contributed by atoms with van der Waals surface area (Å²) in [6.45, 7) is 3.61. The smallest absolute Gasteiger partial charge is 0.0221 e. The third-order valence-electron chi connectivity index (χ3n) is 4.67. The van der Waals surface area contributed by atoms with Crippen LogP contribution in [0.1, 0.15) is 39.0 Å². The number of rotatable bonds is 2. The summed E-state index contributed by atoms with van der Waals surface area (Å²) < 4.78 is 0. The van der Waals surface area contributed by atoms with Crippen molar-refractivity contribution in [2.24, 2.45) is 5.92 Å². The molecular formula is C12H24N2. The average Bonchev–Trinajstić information content (AvgIpc) is 2.14.